The van der Waals surface area contributed by atoms with Crippen LogP contribution in [0.4, 0.5) is 18.9 Å². The average Bonchev–Trinajstić information content (AvgIpc) is 2.54. The van der Waals surface area contributed by atoms with Crippen molar-refractivity contribution in [1.82, 2.24) is 5.43 Å². The number of anilines is 1. The molecule has 0 heterocycles. The largest absolute Gasteiger partial charge is 0.416 e. The molecule has 2 N–H and O–H groups in total. The summed E-state index contributed by atoms with van der Waals surface area (Å²) >= 11 is 3.30. The molecule has 126 valence electrons. The molecule has 0 saturated carbocycles. The van der Waals surface area contributed by atoms with Crippen molar-refractivity contribution in [2.75, 3.05) is 11.9 Å². The smallest absolute Gasteiger partial charge is 0.376 e. The van der Waals surface area contributed by atoms with Crippen molar-refractivity contribution in [2.24, 2.45) is 5.10 Å². The molecule has 4 nitrogen and oxygen atoms in total. The highest BCUT2D eigenvalue weighted by Gasteiger charge is 2.30. The van der Waals surface area contributed by atoms with E-state index in [2.05, 4.69) is 31.8 Å². The second-order valence-corrected chi connectivity index (χ2v) is 5.69. The van der Waals surface area contributed by atoms with E-state index >= 15 is 0 Å². The number of carbonyl (C=O) groups excluding carboxylic acids is 1. The van der Waals surface area contributed by atoms with Gasteiger partial charge in [0.2, 0.25) is 0 Å². The second-order valence-electron chi connectivity index (χ2n) is 4.78. The van der Waals surface area contributed by atoms with E-state index in [0.29, 0.717) is 0 Å². The Morgan fingerprint density at radius 1 is 1.17 bits per heavy atom. The van der Waals surface area contributed by atoms with E-state index in [9.17, 15) is 18.0 Å². The molecule has 24 heavy (non-hydrogen) atoms. The topological polar surface area (TPSA) is 53.5 Å². The van der Waals surface area contributed by atoms with E-state index in [1.165, 1.54) is 18.3 Å². The van der Waals surface area contributed by atoms with Crippen molar-refractivity contribution in [1.29, 1.82) is 0 Å². The Morgan fingerprint density at radius 2 is 1.88 bits per heavy atom. The zero-order valence-electron chi connectivity index (χ0n) is 12.3. The first-order valence-electron chi connectivity index (χ1n) is 6.83. The first kappa shape index (κ1) is 18.0. The third-order valence-electron chi connectivity index (χ3n) is 2.92. The molecule has 0 atom stereocenters. The number of benzene rings is 2. The van der Waals surface area contributed by atoms with Gasteiger partial charge in [-0.05, 0) is 35.9 Å². The number of nitrogens with one attached hydrogen (secondary N) is 2. The molecule has 0 aromatic heterocycles. The Hall–Kier alpha value is -2.35. The lowest BCUT2D eigenvalue weighted by molar-refractivity contribution is -0.137. The maximum absolute atomic E-state index is 12.6. The molecule has 0 unspecified atom stereocenters. The molecule has 0 bridgehead atoms. The van der Waals surface area contributed by atoms with Crippen molar-refractivity contribution in [3.8, 4) is 0 Å². The van der Waals surface area contributed by atoms with Gasteiger partial charge in [0.25, 0.3) is 5.91 Å². The standard InChI is InChI=1S/C16H13BrF3N3O/c17-13-6-4-11(5-7-13)9-22-23-15(24)10-21-14-3-1-2-12(8-14)16(18,19)20/h1-9,21H,10H2,(H,23,24). The van der Waals surface area contributed by atoms with Crippen LogP contribution in [0.2, 0.25) is 0 Å². The lowest BCUT2D eigenvalue weighted by Crippen LogP contribution is -2.26. The molecule has 0 aliphatic heterocycles. The highest BCUT2D eigenvalue weighted by molar-refractivity contribution is 9.10. The lowest BCUT2D eigenvalue weighted by atomic mass is 10.2. The van der Waals surface area contributed by atoms with E-state index in [4.69, 9.17) is 0 Å². The molecule has 0 radical (unpaired) electrons. The van der Waals surface area contributed by atoms with Gasteiger partial charge >= 0.3 is 6.18 Å². The van der Waals surface area contributed by atoms with Gasteiger partial charge in [-0.25, -0.2) is 5.43 Å². The number of rotatable bonds is 5. The van der Waals surface area contributed by atoms with Crippen LogP contribution in [0.15, 0.2) is 58.1 Å². The Labute approximate surface area is 144 Å². The number of nitrogens with zero attached hydrogens (tertiary/aromatic N) is 1. The van der Waals surface area contributed by atoms with E-state index in [-0.39, 0.29) is 12.2 Å². The highest BCUT2D eigenvalue weighted by Crippen LogP contribution is 2.30. The molecule has 2 aromatic rings. The van der Waals surface area contributed by atoms with Crippen molar-refractivity contribution in [3.05, 3.63) is 64.1 Å². The predicted octanol–water partition coefficient (Wildman–Crippen LogP) is 4.03. The fourth-order valence-corrected chi connectivity index (χ4v) is 2.02. The third-order valence-corrected chi connectivity index (χ3v) is 3.44. The number of hydrazone groups is 1. The monoisotopic (exact) mass is 399 g/mol. The van der Waals surface area contributed by atoms with Gasteiger partial charge in [0, 0.05) is 10.2 Å². The van der Waals surface area contributed by atoms with Crippen LogP contribution in [0.25, 0.3) is 0 Å². The Kier molecular flexibility index (Phi) is 5.97. The first-order chi connectivity index (χ1) is 11.3. The van der Waals surface area contributed by atoms with E-state index in [0.717, 1.165) is 22.2 Å². The molecule has 2 rings (SSSR count). The summed E-state index contributed by atoms with van der Waals surface area (Å²) in [5.41, 5.74) is 2.52. The molecule has 0 aliphatic rings. The van der Waals surface area contributed by atoms with Gasteiger partial charge in [-0.2, -0.15) is 18.3 Å². The second kappa shape index (κ2) is 7.96. The molecule has 8 heteroatoms. The number of hydrogen-bond acceptors (Lipinski definition) is 3. The van der Waals surface area contributed by atoms with Crippen LogP contribution in [0.5, 0.6) is 0 Å². The average molecular weight is 400 g/mol. The molecule has 0 aliphatic carbocycles. The van der Waals surface area contributed by atoms with Crippen molar-refractivity contribution in [3.63, 3.8) is 0 Å². The summed E-state index contributed by atoms with van der Waals surface area (Å²) in [4.78, 5) is 11.6. The quantitative estimate of drug-likeness (QED) is 0.588. The van der Waals surface area contributed by atoms with Crippen LogP contribution in [0.3, 0.4) is 0 Å². The van der Waals surface area contributed by atoms with Crippen molar-refractivity contribution >= 4 is 33.7 Å². The Bertz CT molecular complexity index is 730. The van der Waals surface area contributed by atoms with Gasteiger partial charge in [0.05, 0.1) is 18.3 Å². The van der Waals surface area contributed by atoms with Gasteiger partial charge in [-0.1, -0.05) is 34.1 Å². The molecule has 2 aromatic carbocycles. The lowest BCUT2D eigenvalue weighted by Gasteiger charge is -2.10. The predicted molar refractivity (Wildman–Crippen MR) is 89.8 cm³/mol. The SMILES string of the molecule is O=C(CNc1cccc(C(F)(F)F)c1)NN=Cc1ccc(Br)cc1. The van der Waals surface area contributed by atoms with Crippen molar-refractivity contribution < 1.29 is 18.0 Å². The summed E-state index contributed by atoms with van der Waals surface area (Å²) in [7, 11) is 0. The molecular weight excluding hydrogens is 387 g/mol. The van der Waals surface area contributed by atoms with Crippen LogP contribution in [-0.2, 0) is 11.0 Å². The first-order valence-corrected chi connectivity index (χ1v) is 7.62. The maximum Gasteiger partial charge on any atom is 0.416 e. The summed E-state index contributed by atoms with van der Waals surface area (Å²) in [5.74, 6) is -0.472. The fraction of sp³-hybridized carbons (Fsp3) is 0.125. The maximum atomic E-state index is 12.6. The number of alkyl halides is 3. The van der Waals surface area contributed by atoms with Gasteiger partial charge in [-0.3, -0.25) is 4.79 Å². The van der Waals surface area contributed by atoms with Crippen LogP contribution in [-0.4, -0.2) is 18.7 Å². The molecule has 0 fully saturated rings. The number of hydrogen-bond donors (Lipinski definition) is 2. The van der Waals surface area contributed by atoms with Crippen molar-refractivity contribution in [2.45, 2.75) is 6.18 Å². The Morgan fingerprint density at radius 3 is 2.54 bits per heavy atom. The summed E-state index contributed by atoms with van der Waals surface area (Å²) < 4.78 is 38.7. The molecular formula is C16H13BrF3N3O. The minimum atomic E-state index is -4.42. The molecule has 0 spiro atoms. The van der Waals surface area contributed by atoms with Gasteiger partial charge in [0.15, 0.2) is 0 Å². The summed E-state index contributed by atoms with van der Waals surface area (Å²) in [6, 6.07) is 11.9. The number of carbonyl (C=O) groups is 1. The molecule has 1 amide bonds. The van der Waals surface area contributed by atoms with E-state index < -0.39 is 17.6 Å². The summed E-state index contributed by atoms with van der Waals surface area (Å²) in [5, 5.41) is 6.40. The molecule has 0 saturated heterocycles. The van der Waals surface area contributed by atoms with Crippen LogP contribution in [0, 0.1) is 0 Å². The number of halogens is 4. The van der Waals surface area contributed by atoms with E-state index in [1.54, 1.807) is 12.1 Å². The zero-order chi connectivity index (χ0) is 17.6. The van der Waals surface area contributed by atoms with E-state index in [1.807, 2.05) is 12.1 Å². The van der Waals surface area contributed by atoms with Crippen LogP contribution < -0.4 is 10.7 Å². The normalized spacial score (nSPS) is 11.5. The summed E-state index contributed by atoms with van der Waals surface area (Å²) in [6.07, 6.45) is -2.95. The minimum absolute atomic E-state index is 0.195. The third kappa shape index (κ3) is 5.69. The van der Waals surface area contributed by atoms with Crippen LogP contribution >= 0.6 is 15.9 Å². The minimum Gasteiger partial charge on any atom is -0.376 e. The van der Waals surface area contributed by atoms with Gasteiger partial charge in [-0.15, -0.1) is 0 Å². The highest BCUT2D eigenvalue weighted by atomic mass is 79.9. The zero-order valence-corrected chi connectivity index (χ0v) is 13.9. The van der Waals surface area contributed by atoms with Gasteiger partial charge < -0.3 is 5.32 Å². The van der Waals surface area contributed by atoms with Crippen LogP contribution in [0.1, 0.15) is 11.1 Å². The van der Waals surface area contributed by atoms with Gasteiger partial charge in [0.1, 0.15) is 0 Å². The number of amides is 1. The Balaban J connectivity index is 1.84. The summed E-state index contributed by atoms with van der Waals surface area (Å²) in [6.45, 7) is -0.195. The fourth-order valence-electron chi connectivity index (χ4n) is 1.76.